The summed E-state index contributed by atoms with van der Waals surface area (Å²) in [5.41, 5.74) is 3.36. The van der Waals surface area contributed by atoms with Gasteiger partial charge in [-0.2, -0.15) is 0 Å². The van der Waals surface area contributed by atoms with Crippen LogP contribution in [0.5, 0.6) is 5.75 Å². The van der Waals surface area contributed by atoms with Gasteiger partial charge in [-0.05, 0) is 54.4 Å². The predicted octanol–water partition coefficient (Wildman–Crippen LogP) is 5.09. The van der Waals surface area contributed by atoms with Crippen molar-refractivity contribution in [1.29, 1.82) is 0 Å². The Hall–Kier alpha value is -3.21. The Morgan fingerprint density at radius 3 is 2.62 bits per heavy atom. The molecule has 1 aromatic heterocycles. The van der Waals surface area contributed by atoms with Gasteiger partial charge in [-0.15, -0.1) is 0 Å². The molecule has 1 amide bonds. The quantitative estimate of drug-likeness (QED) is 0.711. The highest BCUT2D eigenvalue weighted by Gasteiger charge is 2.10. The summed E-state index contributed by atoms with van der Waals surface area (Å²) in [7, 11) is 1.60. The van der Waals surface area contributed by atoms with Crippen LogP contribution in [-0.4, -0.2) is 18.0 Å². The minimum absolute atomic E-state index is 0. The van der Waals surface area contributed by atoms with E-state index >= 15 is 0 Å². The summed E-state index contributed by atoms with van der Waals surface area (Å²) in [5.74, 6) is 0.0958. The van der Waals surface area contributed by atoms with E-state index in [2.05, 4.69) is 10.3 Å². The van der Waals surface area contributed by atoms with Crippen LogP contribution < -0.4 is 10.1 Å². The molecule has 1 heterocycles. The number of benzene rings is 2. The Bertz CT molecular complexity index is 925. The molecule has 0 aliphatic rings. The highest BCUT2D eigenvalue weighted by molar-refractivity contribution is 6.05. The standard InChI is InChI=1S/C20H17FN2O2.CH4/c1-13-8-17(21)6-7-19(13)23-20(24)16-9-15(11-22-12-16)14-4-3-5-18(10-14)25-2;/h3-12H,1-2H3,(H,23,24);1H4. The number of aryl methyl sites for hydroxylation is 1. The first-order valence-corrected chi connectivity index (χ1v) is 7.74. The first-order chi connectivity index (χ1) is 12.1. The number of pyridine rings is 1. The molecule has 0 saturated carbocycles. The number of hydrogen-bond acceptors (Lipinski definition) is 3. The van der Waals surface area contributed by atoms with Crippen LogP contribution in [0.3, 0.4) is 0 Å². The fourth-order valence-electron chi connectivity index (χ4n) is 2.49. The van der Waals surface area contributed by atoms with Gasteiger partial charge in [0.2, 0.25) is 0 Å². The monoisotopic (exact) mass is 352 g/mol. The Kier molecular flexibility index (Phi) is 6.07. The summed E-state index contributed by atoms with van der Waals surface area (Å²) in [6, 6.07) is 13.5. The van der Waals surface area contributed by atoms with Crippen molar-refractivity contribution in [2.45, 2.75) is 14.4 Å². The van der Waals surface area contributed by atoms with Gasteiger partial charge in [-0.25, -0.2) is 4.39 Å². The summed E-state index contributed by atoms with van der Waals surface area (Å²) < 4.78 is 18.4. The van der Waals surface area contributed by atoms with Crippen LogP contribution >= 0.6 is 0 Å². The van der Waals surface area contributed by atoms with Gasteiger partial charge in [-0.1, -0.05) is 19.6 Å². The third kappa shape index (κ3) is 4.25. The second kappa shape index (κ2) is 8.25. The molecular weight excluding hydrogens is 331 g/mol. The van der Waals surface area contributed by atoms with Gasteiger partial charge in [0, 0.05) is 23.6 Å². The summed E-state index contributed by atoms with van der Waals surface area (Å²) in [5, 5.41) is 2.78. The molecule has 134 valence electrons. The van der Waals surface area contributed by atoms with E-state index in [0.29, 0.717) is 16.8 Å². The van der Waals surface area contributed by atoms with E-state index < -0.39 is 0 Å². The average molecular weight is 352 g/mol. The van der Waals surface area contributed by atoms with E-state index in [9.17, 15) is 9.18 Å². The van der Waals surface area contributed by atoms with E-state index in [4.69, 9.17) is 4.74 Å². The fraction of sp³-hybridized carbons (Fsp3) is 0.143. The molecule has 0 radical (unpaired) electrons. The number of hydrogen-bond donors (Lipinski definition) is 1. The lowest BCUT2D eigenvalue weighted by atomic mass is 10.1. The summed E-state index contributed by atoms with van der Waals surface area (Å²) in [6.07, 6.45) is 3.19. The van der Waals surface area contributed by atoms with E-state index in [1.165, 1.54) is 18.3 Å². The molecule has 0 unspecified atom stereocenters. The van der Waals surface area contributed by atoms with E-state index in [0.717, 1.165) is 16.9 Å². The van der Waals surface area contributed by atoms with Crippen molar-refractivity contribution in [3.8, 4) is 16.9 Å². The number of nitrogens with one attached hydrogen (secondary N) is 1. The normalized spacial score (nSPS) is 9.96. The Labute approximate surface area is 152 Å². The molecule has 4 nitrogen and oxygen atoms in total. The third-order valence-electron chi connectivity index (χ3n) is 3.84. The molecule has 2 aromatic carbocycles. The second-order valence-corrected chi connectivity index (χ2v) is 5.61. The van der Waals surface area contributed by atoms with Gasteiger partial charge < -0.3 is 10.1 Å². The molecule has 0 atom stereocenters. The van der Waals surface area contributed by atoms with E-state index in [-0.39, 0.29) is 19.2 Å². The number of halogens is 1. The molecule has 26 heavy (non-hydrogen) atoms. The zero-order chi connectivity index (χ0) is 17.8. The molecule has 3 rings (SSSR count). The Morgan fingerprint density at radius 1 is 1.08 bits per heavy atom. The summed E-state index contributed by atoms with van der Waals surface area (Å²) in [4.78, 5) is 16.6. The smallest absolute Gasteiger partial charge is 0.257 e. The molecule has 0 bridgehead atoms. The molecule has 0 fully saturated rings. The highest BCUT2D eigenvalue weighted by Crippen LogP contribution is 2.24. The molecule has 0 spiro atoms. The van der Waals surface area contributed by atoms with Crippen molar-refractivity contribution in [3.05, 3.63) is 77.9 Å². The number of carbonyl (C=O) groups is 1. The first-order valence-electron chi connectivity index (χ1n) is 7.74. The largest absolute Gasteiger partial charge is 0.497 e. The second-order valence-electron chi connectivity index (χ2n) is 5.61. The number of rotatable bonds is 4. The summed E-state index contributed by atoms with van der Waals surface area (Å²) >= 11 is 0. The van der Waals surface area contributed by atoms with Crippen LogP contribution in [0.25, 0.3) is 11.1 Å². The van der Waals surface area contributed by atoms with Gasteiger partial charge in [0.05, 0.1) is 12.7 Å². The SMILES string of the molecule is C.COc1cccc(-c2cncc(C(=O)Nc3ccc(F)cc3C)c2)c1. The number of carbonyl (C=O) groups excluding carboxylic acids is 1. The lowest BCUT2D eigenvalue weighted by Gasteiger charge is -2.10. The molecule has 1 N–H and O–H groups in total. The summed E-state index contributed by atoms with van der Waals surface area (Å²) in [6.45, 7) is 1.74. The average Bonchev–Trinajstić information content (AvgIpc) is 2.64. The molecule has 0 aliphatic heterocycles. The third-order valence-corrected chi connectivity index (χ3v) is 3.84. The Balaban J connectivity index is 0.00000243. The van der Waals surface area contributed by atoms with Crippen molar-refractivity contribution in [2.75, 3.05) is 12.4 Å². The maximum Gasteiger partial charge on any atom is 0.257 e. The van der Waals surface area contributed by atoms with Crippen LogP contribution in [0.1, 0.15) is 23.3 Å². The molecular formula is C21H21FN2O2. The molecule has 0 aliphatic carbocycles. The first kappa shape index (κ1) is 19.1. The minimum atomic E-state index is -0.336. The van der Waals surface area contributed by atoms with Crippen molar-refractivity contribution in [2.24, 2.45) is 0 Å². The van der Waals surface area contributed by atoms with Crippen LogP contribution in [0, 0.1) is 12.7 Å². The van der Waals surface area contributed by atoms with Crippen LogP contribution in [0.4, 0.5) is 10.1 Å². The van der Waals surface area contributed by atoms with Crippen molar-refractivity contribution in [3.63, 3.8) is 0 Å². The lowest BCUT2D eigenvalue weighted by molar-refractivity contribution is 0.102. The lowest BCUT2D eigenvalue weighted by Crippen LogP contribution is -2.13. The van der Waals surface area contributed by atoms with Gasteiger partial charge in [0.25, 0.3) is 5.91 Å². The minimum Gasteiger partial charge on any atom is -0.497 e. The van der Waals surface area contributed by atoms with Gasteiger partial charge in [-0.3, -0.25) is 9.78 Å². The van der Waals surface area contributed by atoms with Crippen molar-refractivity contribution in [1.82, 2.24) is 4.98 Å². The zero-order valence-electron chi connectivity index (χ0n) is 13.9. The number of aromatic nitrogens is 1. The zero-order valence-corrected chi connectivity index (χ0v) is 13.9. The maximum atomic E-state index is 13.2. The molecule has 3 aromatic rings. The maximum absolute atomic E-state index is 13.2. The number of amides is 1. The van der Waals surface area contributed by atoms with Crippen molar-refractivity contribution >= 4 is 11.6 Å². The molecule has 5 heteroatoms. The van der Waals surface area contributed by atoms with Crippen molar-refractivity contribution < 1.29 is 13.9 Å². The number of ether oxygens (including phenoxy) is 1. The number of methoxy groups -OCH3 is 1. The topological polar surface area (TPSA) is 51.2 Å². The van der Waals surface area contributed by atoms with E-state index in [1.54, 1.807) is 32.4 Å². The van der Waals surface area contributed by atoms with E-state index in [1.807, 2.05) is 24.3 Å². The number of nitrogens with zero attached hydrogens (tertiary/aromatic N) is 1. The van der Waals surface area contributed by atoms with Crippen LogP contribution in [0.15, 0.2) is 60.9 Å². The van der Waals surface area contributed by atoms with Crippen LogP contribution in [0.2, 0.25) is 0 Å². The Morgan fingerprint density at radius 2 is 1.88 bits per heavy atom. The predicted molar refractivity (Wildman–Crippen MR) is 102 cm³/mol. The number of anilines is 1. The fourth-order valence-corrected chi connectivity index (χ4v) is 2.49. The van der Waals surface area contributed by atoms with Gasteiger partial charge in [0.1, 0.15) is 11.6 Å². The van der Waals surface area contributed by atoms with Gasteiger partial charge in [0.15, 0.2) is 0 Å². The highest BCUT2D eigenvalue weighted by atomic mass is 19.1. The van der Waals surface area contributed by atoms with Gasteiger partial charge >= 0.3 is 0 Å². The van der Waals surface area contributed by atoms with Crippen LogP contribution in [-0.2, 0) is 0 Å². The molecule has 0 saturated heterocycles.